The molecule has 13 heteroatoms. The third-order valence-electron chi connectivity index (χ3n) is 4.96. The van der Waals surface area contributed by atoms with Gasteiger partial charge in [-0.3, -0.25) is 19.2 Å². The van der Waals surface area contributed by atoms with E-state index in [9.17, 15) is 19.2 Å². The number of hydrogen-bond acceptors (Lipinski definition) is 9. The molecule has 0 unspecified atom stereocenters. The molecule has 9 nitrogen and oxygen atoms in total. The first-order chi connectivity index (χ1) is 15.7. The second kappa shape index (κ2) is 11.3. The van der Waals surface area contributed by atoms with Gasteiger partial charge in [0, 0.05) is 20.8 Å². The van der Waals surface area contributed by atoms with Crippen LogP contribution in [0.4, 0.5) is 0 Å². The third kappa shape index (κ3) is 6.69. The monoisotopic (exact) mass is 555 g/mol. The fourth-order valence-corrected chi connectivity index (χ4v) is 4.21. The lowest BCUT2D eigenvalue weighted by molar-refractivity contribution is -0.231. The predicted octanol–water partition coefficient (Wildman–Crippen LogP) is 2.76. The summed E-state index contributed by atoms with van der Waals surface area (Å²) >= 11 is 22.0. The molecule has 0 radical (unpaired) electrons. The Hall–Kier alpha value is -1.72. The number of ether oxygens (including phenoxy) is 4. The zero-order valence-electron chi connectivity index (χ0n) is 18.7. The fourth-order valence-electron chi connectivity index (χ4n) is 3.55. The standard InChI is InChI=1S/C21H24Cl3NO8S/c1-10-5-7-14(8-6-10)20(25-18(29)21(22,23)24)17(32-13(4)28)16(31-12(3)27)15(33-19(20)34)9-30-11(2)26/h5-8,15-17,19,34H,9H2,1-4H3,(H,25,29)/t15-,16+,17+,19+,20+/m1/s1. The summed E-state index contributed by atoms with van der Waals surface area (Å²) in [5, 5.41) is 2.59. The molecule has 34 heavy (non-hydrogen) atoms. The summed E-state index contributed by atoms with van der Waals surface area (Å²) in [6, 6.07) is 6.73. The highest BCUT2D eigenvalue weighted by molar-refractivity contribution is 7.80. The van der Waals surface area contributed by atoms with Crippen LogP contribution < -0.4 is 5.32 Å². The largest absolute Gasteiger partial charge is 0.463 e. The zero-order valence-corrected chi connectivity index (χ0v) is 21.8. The molecule has 1 N–H and O–H groups in total. The number of benzene rings is 1. The Morgan fingerprint density at radius 1 is 1.03 bits per heavy atom. The van der Waals surface area contributed by atoms with Gasteiger partial charge in [-0.2, -0.15) is 0 Å². The maximum atomic E-state index is 12.9. The molecule has 1 aromatic carbocycles. The van der Waals surface area contributed by atoms with E-state index in [1.54, 1.807) is 24.3 Å². The Balaban J connectivity index is 2.75. The van der Waals surface area contributed by atoms with Gasteiger partial charge in [0.15, 0.2) is 12.2 Å². The molecule has 1 fully saturated rings. The van der Waals surface area contributed by atoms with Crippen molar-refractivity contribution in [2.24, 2.45) is 0 Å². The Labute approximate surface area is 217 Å². The van der Waals surface area contributed by atoms with Gasteiger partial charge in [0.1, 0.15) is 23.7 Å². The number of hydrogen-bond donors (Lipinski definition) is 2. The van der Waals surface area contributed by atoms with Gasteiger partial charge in [0.25, 0.3) is 9.70 Å². The number of carbonyl (C=O) groups is 4. The second-order valence-electron chi connectivity index (χ2n) is 7.62. The normalized spacial score (nSPS) is 26.8. The fraction of sp³-hybridized carbons (Fsp3) is 0.524. The van der Waals surface area contributed by atoms with Crippen LogP contribution in [0.3, 0.4) is 0 Å². The zero-order chi connectivity index (χ0) is 25.8. The number of thiol groups is 1. The van der Waals surface area contributed by atoms with Gasteiger partial charge in [0.2, 0.25) is 0 Å². The number of aryl methyl sites for hydroxylation is 1. The average molecular weight is 557 g/mol. The van der Waals surface area contributed by atoms with Gasteiger partial charge in [-0.25, -0.2) is 0 Å². The van der Waals surface area contributed by atoms with Crippen molar-refractivity contribution in [1.29, 1.82) is 0 Å². The summed E-state index contributed by atoms with van der Waals surface area (Å²) < 4.78 is 19.6. The van der Waals surface area contributed by atoms with Crippen molar-refractivity contribution in [3.63, 3.8) is 0 Å². The van der Waals surface area contributed by atoms with Crippen LogP contribution in [0, 0.1) is 6.92 Å². The number of nitrogens with one attached hydrogen (secondary N) is 1. The van der Waals surface area contributed by atoms with Crippen LogP contribution in [-0.2, 0) is 43.7 Å². The molecule has 0 aliphatic carbocycles. The minimum atomic E-state index is -2.41. The lowest BCUT2D eigenvalue weighted by Crippen LogP contribution is -2.72. The Morgan fingerprint density at radius 3 is 2.06 bits per heavy atom. The van der Waals surface area contributed by atoms with Crippen molar-refractivity contribution >= 4 is 71.2 Å². The van der Waals surface area contributed by atoms with Crippen molar-refractivity contribution in [2.45, 2.75) is 60.8 Å². The molecular weight excluding hydrogens is 533 g/mol. The lowest BCUT2D eigenvalue weighted by atomic mass is 9.78. The van der Waals surface area contributed by atoms with Gasteiger partial charge in [-0.15, -0.1) is 12.6 Å². The number of halogens is 3. The summed E-state index contributed by atoms with van der Waals surface area (Å²) in [6.45, 7) is 4.93. The van der Waals surface area contributed by atoms with E-state index in [0.29, 0.717) is 5.56 Å². The maximum absolute atomic E-state index is 12.9. The topological polar surface area (TPSA) is 117 Å². The van der Waals surface area contributed by atoms with Crippen LogP contribution in [-0.4, -0.2) is 58.0 Å². The first kappa shape index (κ1) is 28.5. The molecule has 1 saturated heterocycles. The number of alkyl halides is 3. The maximum Gasteiger partial charge on any atom is 0.303 e. The minimum Gasteiger partial charge on any atom is -0.463 e. The number of carbonyl (C=O) groups excluding carboxylic acids is 4. The van der Waals surface area contributed by atoms with E-state index in [1.807, 2.05) is 6.92 Å². The highest BCUT2D eigenvalue weighted by Gasteiger charge is 2.61. The summed E-state index contributed by atoms with van der Waals surface area (Å²) in [4.78, 5) is 48.4. The number of rotatable bonds is 6. The summed E-state index contributed by atoms with van der Waals surface area (Å²) in [5.74, 6) is -3.21. The highest BCUT2D eigenvalue weighted by Crippen LogP contribution is 2.44. The van der Waals surface area contributed by atoms with Crippen LogP contribution in [0.2, 0.25) is 0 Å². The summed E-state index contributed by atoms with van der Waals surface area (Å²) in [6.07, 6.45) is -3.88. The molecule has 0 spiro atoms. The first-order valence-corrected chi connectivity index (χ1v) is 11.6. The molecule has 1 amide bonds. The third-order valence-corrected chi connectivity index (χ3v) is 6.00. The van der Waals surface area contributed by atoms with E-state index in [0.717, 1.165) is 19.4 Å². The van der Waals surface area contributed by atoms with Gasteiger partial charge >= 0.3 is 17.9 Å². The number of esters is 3. The molecule has 2 rings (SSSR count). The van der Waals surface area contributed by atoms with Crippen LogP contribution in [0.15, 0.2) is 24.3 Å². The minimum absolute atomic E-state index is 0.357. The molecule has 1 heterocycles. The van der Waals surface area contributed by atoms with E-state index in [-0.39, 0.29) is 6.61 Å². The van der Waals surface area contributed by atoms with Crippen molar-refractivity contribution in [3.8, 4) is 0 Å². The quantitative estimate of drug-likeness (QED) is 0.238. The molecule has 1 aromatic rings. The van der Waals surface area contributed by atoms with Crippen LogP contribution in [0.5, 0.6) is 0 Å². The molecule has 5 atom stereocenters. The van der Waals surface area contributed by atoms with E-state index in [2.05, 4.69) is 17.9 Å². The van der Waals surface area contributed by atoms with Gasteiger partial charge in [-0.1, -0.05) is 64.6 Å². The smallest absolute Gasteiger partial charge is 0.303 e. The molecule has 0 saturated carbocycles. The van der Waals surface area contributed by atoms with Crippen LogP contribution >= 0.6 is 47.4 Å². The van der Waals surface area contributed by atoms with Gasteiger partial charge in [0.05, 0.1) is 0 Å². The molecule has 0 bridgehead atoms. The average Bonchev–Trinajstić information content (AvgIpc) is 2.70. The first-order valence-electron chi connectivity index (χ1n) is 9.96. The molecule has 0 aromatic heterocycles. The molecular formula is C21H24Cl3NO8S. The van der Waals surface area contributed by atoms with Crippen LogP contribution in [0.25, 0.3) is 0 Å². The van der Waals surface area contributed by atoms with E-state index < -0.39 is 56.9 Å². The van der Waals surface area contributed by atoms with Crippen molar-refractivity contribution in [1.82, 2.24) is 5.32 Å². The summed E-state index contributed by atoms with van der Waals surface area (Å²) in [7, 11) is 0. The van der Waals surface area contributed by atoms with Gasteiger partial charge in [-0.05, 0) is 12.5 Å². The SMILES string of the molecule is CC(=O)OC[C@H]1O[C@@H](S)[C@](NC(=O)C(Cl)(Cl)Cl)(c2ccc(C)cc2)[C@@H](OC(C)=O)[C@H]1OC(C)=O. The number of amides is 1. The van der Waals surface area contributed by atoms with E-state index in [4.69, 9.17) is 53.8 Å². The Kier molecular flexibility index (Phi) is 9.52. The van der Waals surface area contributed by atoms with Crippen LogP contribution in [0.1, 0.15) is 31.9 Å². The predicted molar refractivity (Wildman–Crippen MR) is 127 cm³/mol. The van der Waals surface area contributed by atoms with Crippen molar-refractivity contribution in [3.05, 3.63) is 35.4 Å². The van der Waals surface area contributed by atoms with E-state index >= 15 is 0 Å². The van der Waals surface area contributed by atoms with E-state index in [1.165, 1.54) is 6.92 Å². The second-order valence-corrected chi connectivity index (χ2v) is 10.4. The Bertz CT molecular complexity index is 939. The van der Waals surface area contributed by atoms with Gasteiger partial charge < -0.3 is 24.3 Å². The molecule has 1 aliphatic heterocycles. The molecule has 188 valence electrons. The summed E-state index contributed by atoms with van der Waals surface area (Å²) in [5.41, 5.74) is -1.80. The lowest BCUT2D eigenvalue weighted by Gasteiger charge is -2.52. The highest BCUT2D eigenvalue weighted by atomic mass is 35.6. The van der Waals surface area contributed by atoms with Crippen molar-refractivity contribution < 1.29 is 38.1 Å². The molecule has 1 aliphatic rings. The van der Waals surface area contributed by atoms with Crippen molar-refractivity contribution in [2.75, 3.05) is 6.61 Å². The Morgan fingerprint density at radius 2 is 1.59 bits per heavy atom.